The molecule has 0 aliphatic rings. The Balaban J connectivity index is 1.57. The highest BCUT2D eigenvalue weighted by Crippen LogP contribution is 2.40. The highest BCUT2D eigenvalue weighted by Gasteiger charge is 2.23. The first-order valence-electron chi connectivity index (χ1n) is 12.8. The van der Waals surface area contributed by atoms with Gasteiger partial charge in [-0.15, -0.1) is 0 Å². The molecule has 1 atom stereocenters. The maximum Gasteiger partial charge on any atom is 0.141 e. The van der Waals surface area contributed by atoms with Gasteiger partial charge >= 0.3 is 0 Å². The van der Waals surface area contributed by atoms with Crippen molar-refractivity contribution in [3.63, 3.8) is 0 Å². The Hall–Kier alpha value is -4.52. The number of hydrogen-bond donors (Lipinski definition) is 0. The van der Waals surface area contributed by atoms with E-state index in [4.69, 9.17) is 19.2 Å². The van der Waals surface area contributed by atoms with Crippen molar-refractivity contribution in [2.45, 2.75) is 39.7 Å². The number of benzene rings is 2. The topological polar surface area (TPSA) is 78.9 Å². The molecule has 7 heteroatoms. The number of ether oxygens (including phenoxy) is 1. The smallest absolute Gasteiger partial charge is 0.141 e. The third-order valence-electron chi connectivity index (χ3n) is 7.24. The van der Waals surface area contributed by atoms with Crippen LogP contribution in [-0.2, 0) is 12.8 Å². The summed E-state index contributed by atoms with van der Waals surface area (Å²) in [6.07, 6.45) is 7.24. The lowest BCUT2D eigenvalue weighted by atomic mass is 10.00. The quantitative estimate of drug-likeness (QED) is 0.243. The summed E-state index contributed by atoms with van der Waals surface area (Å²) < 4.78 is 13.7. The summed E-state index contributed by atoms with van der Waals surface area (Å²) in [4.78, 5) is 14.2. The van der Waals surface area contributed by atoms with Gasteiger partial charge < -0.3 is 13.8 Å². The predicted octanol–water partition coefficient (Wildman–Crippen LogP) is 6.65. The SMILES string of the molecule is COc1cc2c(cc1-c1c(C)noc1C)ncc1nc(CCc3cccnc3)n([C@H](C)c3ccccc3)c12. The van der Waals surface area contributed by atoms with Gasteiger partial charge in [-0.3, -0.25) is 9.97 Å². The lowest BCUT2D eigenvalue weighted by Gasteiger charge is -2.19. The van der Waals surface area contributed by atoms with Gasteiger partial charge in [-0.1, -0.05) is 41.6 Å². The molecule has 0 N–H and O–H groups in total. The van der Waals surface area contributed by atoms with E-state index in [1.807, 2.05) is 38.4 Å². The van der Waals surface area contributed by atoms with Crippen molar-refractivity contribution in [2.75, 3.05) is 7.11 Å². The molecule has 6 rings (SSSR count). The minimum Gasteiger partial charge on any atom is -0.496 e. The van der Waals surface area contributed by atoms with Crippen molar-refractivity contribution in [2.24, 2.45) is 0 Å². The summed E-state index contributed by atoms with van der Waals surface area (Å²) in [5.74, 6) is 2.52. The third kappa shape index (κ3) is 4.10. The molecule has 38 heavy (non-hydrogen) atoms. The number of methoxy groups -OCH3 is 1. The van der Waals surface area contributed by atoms with E-state index in [1.54, 1.807) is 13.3 Å². The number of rotatable bonds is 7. The largest absolute Gasteiger partial charge is 0.496 e. The first kappa shape index (κ1) is 23.9. The maximum absolute atomic E-state index is 5.90. The van der Waals surface area contributed by atoms with E-state index >= 15 is 0 Å². The second-order valence-corrected chi connectivity index (χ2v) is 9.61. The van der Waals surface area contributed by atoms with E-state index in [9.17, 15) is 0 Å². The van der Waals surface area contributed by atoms with Gasteiger partial charge in [-0.25, -0.2) is 4.98 Å². The van der Waals surface area contributed by atoms with Crippen LogP contribution in [0.1, 0.15) is 41.4 Å². The van der Waals surface area contributed by atoms with Crippen molar-refractivity contribution in [3.05, 3.63) is 102 Å². The Morgan fingerprint density at radius 3 is 2.53 bits per heavy atom. The van der Waals surface area contributed by atoms with Crippen molar-refractivity contribution >= 4 is 21.9 Å². The number of hydrogen-bond acceptors (Lipinski definition) is 6. The fourth-order valence-electron chi connectivity index (χ4n) is 5.36. The van der Waals surface area contributed by atoms with Crippen molar-refractivity contribution in [1.29, 1.82) is 0 Å². The zero-order chi connectivity index (χ0) is 26.2. The standard InChI is InChI=1S/C31H29N5O2/c1-19-30(21(3)38-35-19)25-15-26-24(16-28(25)37-4)31-27(18-33-26)34-29(13-12-22-9-8-14-32-17-22)36(31)20(2)23-10-6-5-7-11-23/h5-11,14-18,20H,12-13H2,1-4H3/t20-/m1/s1. The molecule has 2 aromatic carbocycles. The summed E-state index contributed by atoms with van der Waals surface area (Å²) in [5, 5.41) is 5.15. The molecule has 4 aromatic heterocycles. The molecule has 190 valence electrons. The maximum atomic E-state index is 5.90. The molecule has 0 aliphatic heterocycles. The molecular formula is C31H29N5O2. The second kappa shape index (κ2) is 9.74. The van der Waals surface area contributed by atoms with E-state index in [2.05, 4.69) is 64.1 Å². The molecule has 0 radical (unpaired) electrons. The van der Waals surface area contributed by atoms with Crippen molar-refractivity contribution in [1.82, 2.24) is 24.7 Å². The Labute approximate surface area is 221 Å². The second-order valence-electron chi connectivity index (χ2n) is 9.61. The van der Waals surface area contributed by atoms with Gasteiger partial charge in [-0.05, 0) is 56.5 Å². The minimum atomic E-state index is 0.0731. The highest BCUT2D eigenvalue weighted by atomic mass is 16.5. The Bertz CT molecular complexity index is 1720. The van der Waals surface area contributed by atoms with E-state index in [1.165, 1.54) is 11.1 Å². The summed E-state index contributed by atoms with van der Waals surface area (Å²) in [5.41, 5.74) is 7.88. The number of aryl methyl sites for hydroxylation is 4. The number of fused-ring (bicyclic) bond motifs is 3. The lowest BCUT2D eigenvalue weighted by molar-refractivity contribution is 0.393. The van der Waals surface area contributed by atoms with Gasteiger partial charge in [0.1, 0.15) is 22.9 Å². The first-order valence-corrected chi connectivity index (χ1v) is 12.8. The predicted molar refractivity (Wildman–Crippen MR) is 148 cm³/mol. The number of imidazole rings is 1. The van der Waals surface area contributed by atoms with Crippen LogP contribution in [0.5, 0.6) is 5.75 Å². The number of nitrogens with zero attached hydrogens (tertiary/aromatic N) is 5. The normalized spacial score (nSPS) is 12.3. The summed E-state index contributed by atoms with van der Waals surface area (Å²) in [7, 11) is 1.69. The molecule has 0 unspecified atom stereocenters. The average Bonchev–Trinajstić information content (AvgIpc) is 3.50. The van der Waals surface area contributed by atoms with Gasteiger partial charge in [0.2, 0.25) is 0 Å². The van der Waals surface area contributed by atoms with Gasteiger partial charge in [-0.2, -0.15) is 0 Å². The molecule has 0 bridgehead atoms. The van der Waals surface area contributed by atoms with Crippen molar-refractivity contribution in [3.8, 4) is 16.9 Å². The molecule has 0 spiro atoms. The summed E-state index contributed by atoms with van der Waals surface area (Å²) >= 11 is 0. The molecule has 0 fully saturated rings. The van der Waals surface area contributed by atoms with Gasteiger partial charge in [0.05, 0.1) is 41.6 Å². The summed E-state index contributed by atoms with van der Waals surface area (Å²) in [6.45, 7) is 6.09. The molecule has 7 nitrogen and oxygen atoms in total. The van der Waals surface area contributed by atoms with Crippen LogP contribution in [0.25, 0.3) is 33.1 Å². The highest BCUT2D eigenvalue weighted by molar-refractivity contribution is 6.05. The van der Waals surface area contributed by atoms with Crippen LogP contribution in [0, 0.1) is 13.8 Å². The van der Waals surface area contributed by atoms with Crippen LogP contribution in [0.4, 0.5) is 0 Å². The number of pyridine rings is 2. The molecule has 0 saturated carbocycles. The van der Waals surface area contributed by atoms with E-state index in [-0.39, 0.29) is 6.04 Å². The molecular weight excluding hydrogens is 474 g/mol. The molecule has 0 amide bonds. The summed E-state index contributed by atoms with van der Waals surface area (Å²) in [6, 6.07) is 18.9. The Morgan fingerprint density at radius 1 is 0.974 bits per heavy atom. The van der Waals surface area contributed by atoms with E-state index in [0.717, 1.165) is 68.9 Å². The third-order valence-corrected chi connectivity index (χ3v) is 7.24. The fraction of sp³-hybridized carbons (Fsp3) is 0.226. The zero-order valence-electron chi connectivity index (χ0n) is 22.0. The molecule has 0 aliphatic carbocycles. The van der Waals surface area contributed by atoms with Crippen LogP contribution >= 0.6 is 0 Å². The average molecular weight is 504 g/mol. The van der Waals surface area contributed by atoms with Crippen LogP contribution in [0.3, 0.4) is 0 Å². The van der Waals surface area contributed by atoms with Crippen LogP contribution in [0.2, 0.25) is 0 Å². The monoisotopic (exact) mass is 503 g/mol. The van der Waals surface area contributed by atoms with E-state index < -0.39 is 0 Å². The van der Waals surface area contributed by atoms with Crippen LogP contribution in [-0.4, -0.2) is 31.8 Å². The van der Waals surface area contributed by atoms with Crippen LogP contribution in [0.15, 0.2) is 77.7 Å². The Kier molecular flexibility index (Phi) is 6.12. The van der Waals surface area contributed by atoms with Gasteiger partial charge in [0.25, 0.3) is 0 Å². The molecule has 4 heterocycles. The van der Waals surface area contributed by atoms with Gasteiger partial charge in [0, 0.05) is 29.8 Å². The minimum absolute atomic E-state index is 0.0731. The Morgan fingerprint density at radius 2 is 1.82 bits per heavy atom. The molecule has 6 aromatic rings. The zero-order valence-corrected chi connectivity index (χ0v) is 22.0. The van der Waals surface area contributed by atoms with Crippen LogP contribution < -0.4 is 4.74 Å². The van der Waals surface area contributed by atoms with Crippen molar-refractivity contribution < 1.29 is 9.26 Å². The first-order chi connectivity index (χ1) is 18.5. The fourth-order valence-corrected chi connectivity index (χ4v) is 5.36. The molecule has 0 saturated heterocycles. The lowest BCUT2D eigenvalue weighted by Crippen LogP contribution is -2.12. The number of aromatic nitrogens is 5. The van der Waals surface area contributed by atoms with Gasteiger partial charge in [0.15, 0.2) is 0 Å². The van der Waals surface area contributed by atoms with E-state index in [0.29, 0.717) is 0 Å².